The number of methoxy groups -OCH3 is 2. The molecule has 4 aliphatic rings. The van der Waals surface area contributed by atoms with Gasteiger partial charge in [0.05, 0.1) is 98.0 Å². The quantitative estimate of drug-likeness (QED) is 0.0200. The third kappa shape index (κ3) is 51.0. The van der Waals surface area contributed by atoms with Crippen LogP contribution in [0.2, 0.25) is 0 Å². The average molecular weight is 1950 g/mol. The fraction of sp³-hybridized carbons (Fsp3) is 0.857. The minimum absolute atomic E-state index is 0.00156. The number of ether oxygens (including phenoxy) is 13. The van der Waals surface area contributed by atoms with Crippen LogP contribution in [0.3, 0.4) is 0 Å². The Kier molecular flexibility index (Phi) is 63.6. The van der Waals surface area contributed by atoms with Gasteiger partial charge in [-0.2, -0.15) is 0 Å². The van der Waals surface area contributed by atoms with Crippen LogP contribution in [0.1, 0.15) is 245 Å². The Morgan fingerprint density at radius 2 is 0.735 bits per heavy atom. The molecule has 0 spiro atoms. The molecule has 4 fully saturated rings. The molecule has 0 aromatic carbocycles. The fourth-order valence-electron chi connectivity index (χ4n) is 16.1. The van der Waals surface area contributed by atoms with Gasteiger partial charge in [-0.1, -0.05) is 51.4 Å². The first-order valence-electron chi connectivity index (χ1n) is 48.5. The molecule has 4 saturated heterocycles. The summed E-state index contributed by atoms with van der Waals surface area (Å²) < 4.78 is 72.7. The lowest BCUT2D eigenvalue weighted by molar-refractivity contribution is -0.270. The van der Waals surface area contributed by atoms with Crippen molar-refractivity contribution in [1.29, 1.82) is 0 Å². The van der Waals surface area contributed by atoms with Gasteiger partial charge in [0.15, 0.2) is 24.7 Å². The molecule has 0 radical (unpaired) electrons. The van der Waals surface area contributed by atoms with E-state index in [1.807, 2.05) is 0 Å². The number of nitrogens with zero attached hydrogens (tertiary/aromatic N) is 1. The zero-order chi connectivity index (χ0) is 99.8. The third-order valence-corrected chi connectivity index (χ3v) is 23.5. The maximum atomic E-state index is 14.2. The minimum atomic E-state index is -1.47. The summed E-state index contributed by atoms with van der Waals surface area (Å²) in [5.74, 6) is -4.05. The smallest absolute Gasteiger partial charge is 0.407 e. The SMILES string of the molecule is COC[C@H]1C[C@H](OC)CN1C(=O)CCCCC(=O)COCCOCCNC(=O)CCC(=O)NC(CCCOC(=O)CCCCCCCNC(=O)CCCOC1OC(CO)C(O)C(O)C1NC(C)=O)(CCCOC(=O)CCCCCCCNC(=O)CCCOC1OC(CO)C(O)C(O)C1NC(C)=O)CCCOC(=O)NCCCCCCNC(=O)CCCOC1OC(CO)C(O)C(O)C1NC(C)=O. The van der Waals surface area contributed by atoms with Gasteiger partial charge in [-0.05, 0) is 116 Å². The molecule has 18 N–H and O–H groups in total. The molecule has 784 valence electrons. The number of ketones is 1. The maximum Gasteiger partial charge on any atom is 0.407 e. The van der Waals surface area contributed by atoms with Crippen molar-refractivity contribution in [3.63, 3.8) is 0 Å². The number of hydrogen-bond acceptors (Lipinski definition) is 35. The number of amides is 10. The number of esters is 2. The largest absolute Gasteiger partial charge is 0.466 e. The summed E-state index contributed by atoms with van der Waals surface area (Å²) in [6.45, 7) is 4.61. The molecule has 45 heteroatoms. The van der Waals surface area contributed by atoms with Crippen LogP contribution in [0, 0.1) is 0 Å². The minimum Gasteiger partial charge on any atom is -0.466 e. The van der Waals surface area contributed by atoms with Crippen molar-refractivity contribution >= 4 is 77.0 Å². The lowest BCUT2D eigenvalue weighted by atomic mass is 9.83. The van der Waals surface area contributed by atoms with Gasteiger partial charge < -0.3 is 160 Å². The van der Waals surface area contributed by atoms with Crippen LogP contribution in [0.15, 0.2) is 0 Å². The van der Waals surface area contributed by atoms with E-state index in [-0.39, 0.29) is 230 Å². The maximum absolute atomic E-state index is 14.2. The topological polar surface area (TPSA) is 635 Å². The molecule has 136 heavy (non-hydrogen) atoms. The van der Waals surface area contributed by atoms with E-state index in [4.69, 9.17) is 61.6 Å². The van der Waals surface area contributed by atoms with Crippen LogP contribution in [0.5, 0.6) is 0 Å². The Bertz CT molecular complexity index is 3180. The molecule has 10 amide bonds. The Morgan fingerprint density at radius 3 is 1.15 bits per heavy atom. The van der Waals surface area contributed by atoms with Crippen LogP contribution in [0.4, 0.5) is 4.79 Å². The number of aliphatic hydroxyl groups excluding tert-OH is 9. The van der Waals surface area contributed by atoms with Crippen molar-refractivity contribution in [2.75, 3.05) is 146 Å². The summed E-state index contributed by atoms with van der Waals surface area (Å²) in [5.41, 5.74) is -1.06. The number of unbranched alkanes of at least 4 members (excludes halogenated alkanes) is 12. The molecular formula is C91H160N10O35. The lowest BCUT2D eigenvalue weighted by Gasteiger charge is -2.42. The number of nitrogens with one attached hydrogen (secondary N) is 9. The standard InChI is InChI=1S/C91H160N10O35/c1-61(105)97-78-84(120)81(117)67(56-102)134-87(78)130-45-22-29-70(109)92-40-18-10-6-8-14-33-76(115)128-48-25-37-91(100-74(113)36-35-73(112)95-44-51-126-52-53-127-60-65(108)28-16-17-32-75(114)101-55-66(125-5)54-64(101)59-124-4,38-26-49-129-77(116)34-15-9-7-11-19-41-93-71(110)30-23-46-131-88-79(98-62(2)106)85(121)82(118)68(57-103)135-88)39-27-50-133-90(123)96-43-21-13-12-20-42-94-72(111)31-24-47-132-89-80(99-63(3)107)86(122)83(119)69(58-104)136-89/h64,66-69,78-89,102-104,117-122H,6-60H2,1-5H3,(H,92,109)(H,93,110)(H,94,111)(H,95,112)(H,96,123)(H,97,105)(H,98,106)(H,99,107)(H,100,113)/t64-,66+,67?,68?,69?,78?,79?,80?,81?,82?,83?,84?,85?,86?,87?,88?,89?,91?/m1/s1. The van der Waals surface area contributed by atoms with Crippen LogP contribution in [-0.4, -0.2) is 383 Å². The Balaban J connectivity index is 1.29. The van der Waals surface area contributed by atoms with E-state index < -0.39 is 165 Å². The Morgan fingerprint density at radius 1 is 0.368 bits per heavy atom. The summed E-state index contributed by atoms with van der Waals surface area (Å²) in [6.07, 6.45) is -2.08. The molecule has 17 atom stereocenters. The number of hydrogen-bond donors (Lipinski definition) is 18. The summed E-state index contributed by atoms with van der Waals surface area (Å²) in [6, 6.07) is -3.36. The molecule has 4 aliphatic heterocycles. The van der Waals surface area contributed by atoms with E-state index >= 15 is 0 Å². The van der Waals surface area contributed by atoms with Gasteiger partial charge in [0, 0.05) is 138 Å². The number of aliphatic hydroxyl groups is 9. The van der Waals surface area contributed by atoms with E-state index in [1.165, 1.54) is 20.8 Å². The second kappa shape index (κ2) is 71.7. The van der Waals surface area contributed by atoms with E-state index in [0.29, 0.717) is 116 Å². The number of carbonyl (C=O) groups excluding carboxylic acids is 13. The van der Waals surface area contributed by atoms with Gasteiger partial charge >= 0.3 is 18.0 Å². The van der Waals surface area contributed by atoms with Crippen molar-refractivity contribution in [3.05, 3.63) is 0 Å². The molecule has 4 heterocycles. The fourth-order valence-corrected chi connectivity index (χ4v) is 16.1. The molecule has 0 aromatic rings. The molecule has 4 rings (SSSR count). The molecule has 0 bridgehead atoms. The normalized spacial score (nSPS) is 23.6. The van der Waals surface area contributed by atoms with Crippen molar-refractivity contribution in [3.8, 4) is 0 Å². The summed E-state index contributed by atoms with van der Waals surface area (Å²) in [4.78, 5) is 167. The van der Waals surface area contributed by atoms with E-state index in [2.05, 4.69) is 47.9 Å². The third-order valence-electron chi connectivity index (χ3n) is 23.5. The first kappa shape index (κ1) is 121. The summed E-state index contributed by atoms with van der Waals surface area (Å²) >= 11 is 0. The zero-order valence-corrected chi connectivity index (χ0v) is 80.3. The van der Waals surface area contributed by atoms with Crippen molar-refractivity contribution in [1.82, 2.24) is 52.8 Å². The van der Waals surface area contributed by atoms with Crippen LogP contribution < -0.4 is 47.9 Å². The van der Waals surface area contributed by atoms with Gasteiger partial charge in [-0.25, -0.2) is 4.79 Å². The van der Waals surface area contributed by atoms with E-state index in [0.717, 1.165) is 32.1 Å². The second-order valence-corrected chi connectivity index (χ2v) is 34.9. The first-order chi connectivity index (χ1) is 65.4. The number of likely N-dealkylation sites (tertiary alicyclic amines) is 1. The van der Waals surface area contributed by atoms with Gasteiger partial charge in [0.1, 0.15) is 79.7 Å². The predicted molar refractivity (Wildman–Crippen MR) is 485 cm³/mol. The van der Waals surface area contributed by atoms with E-state index in [1.54, 1.807) is 19.1 Å². The van der Waals surface area contributed by atoms with Crippen molar-refractivity contribution < 1.29 is 170 Å². The molecular weight excluding hydrogens is 1790 g/mol. The number of carbonyl (C=O) groups is 13. The average Bonchev–Trinajstić information content (AvgIpc) is 1.50. The van der Waals surface area contributed by atoms with Crippen LogP contribution in [0.25, 0.3) is 0 Å². The Hall–Kier alpha value is -7.65. The highest BCUT2D eigenvalue weighted by Gasteiger charge is 2.49. The van der Waals surface area contributed by atoms with Gasteiger partial charge in [0.2, 0.25) is 53.2 Å². The monoisotopic (exact) mass is 1950 g/mol. The summed E-state index contributed by atoms with van der Waals surface area (Å²) in [7, 11) is 3.21. The number of alkyl carbamates (subject to hydrolysis) is 1. The highest BCUT2D eigenvalue weighted by Crippen LogP contribution is 2.30. The molecule has 15 unspecified atom stereocenters. The summed E-state index contributed by atoms with van der Waals surface area (Å²) in [5, 5.41) is 116. The first-order valence-corrected chi connectivity index (χ1v) is 48.5. The number of Topliss-reactive ketones (excluding diaryl/α,β-unsaturated/α-hetero) is 1. The van der Waals surface area contributed by atoms with Gasteiger partial charge in [-0.3, -0.25) is 57.5 Å². The number of rotatable bonds is 76. The van der Waals surface area contributed by atoms with Crippen molar-refractivity contribution in [2.45, 2.75) is 355 Å². The van der Waals surface area contributed by atoms with E-state index in [9.17, 15) is 108 Å². The van der Waals surface area contributed by atoms with Crippen molar-refractivity contribution in [2.24, 2.45) is 0 Å². The molecule has 0 aliphatic carbocycles. The zero-order valence-electron chi connectivity index (χ0n) is 80.3. The predicted octanol–water partition coefficient (Wildman–Crippen LogP) is -0.872. The highest BCUT2D eigenvalue weighted by molar-refractivity contribution is 5.84. The highest BCUT2D eigenvalue weighted by atomic mass is 16.7. The lowest BCUT2D eigenvalue weighted by Crippen LogP contribution is -2.64. The van der Waals surface area contributed by atoms with Gasteiger partial charge in [-0.15, -0.1) is 0 Å². The van der Waals surface area contributed by atoms with Crippen LogP contribution >= 0.6 is 0 Å². The molecule has 0 saturated carbocycles. The second-order valence-electron chi connectivity index (χ2n) is 34.9. The van der Waals surface area contributed by atoms with Gasteiger partial charge in [0.25, 0.3) is 0 Å². The Labute approximate surface area is 797 Å². The van der Waals surface area contributed by atoms with Crippen LogP contribution in [-0.2, 0) is 119 Å². The molecule has 0 aromatic heterocycles. The molecule has 45 nitrogen and oxygen atoms in total.